The van der Waals surface area contributed by atoms with Gasteiger partial charge in [0.2, 0.25) is 0 Å². The van der Waals surface area contributed by atoms with Gasteiger partial charge in [-0.05, 0) is 44.4 Å². The molecule has 0 N–H and O–H groups in total. The predicted molar refractivity (Wildman–Crippen MR) is 81.3 cm³/mol. The third-order valence-electron chi connectivity index (χ3n) is 4.27. The van der Waals surface area contributed by atoms with E-state index in [2.05, 4.69) is 31.0 Å². The molecule has 1 fully saturated rings. The minimum Gasteiger partial charge on any atom is -0.297 e. The van der Waals surface area contributed by atoms with Crippen LogP contribution in [0.1, 0.15) is 37.5 Å². The van der Waals surface area contributed by atoms with Crippen molar-refractivity contribution in [2.24, 2.45) is 11.8 Å². The van der Waals surface area contributed by atoms with Crippen LogP contribution in [0.2, 0.25) is 4.34 Å². The molecule has 0 spiro atoms. The van der Waals surface area contributed by atoms with Crippen LogP contribution in [0.5, 0.6) is 0 Å². The summed E-state index contributed by atoms with van der Waals surface area (Å²) in [4.78, 5) is 3.63. The zero-order valence-electron chi connectivity index (χ0n) is 11.6. The van der Waals surface area contributed by atoms with Crippen LogP contribution >= 0.6 is 22.9 Å². The van der Waals surface area contributed by atoms with Crippen molar-refractivity contribution in [2.45, 2.75) is 45.2 Å². The van der Waals surface area contributed by atoms with Crippen molar-refractivity contribution in [1.29, 1.82) is 5.26 Å². The third-order valence-corrected chi connectivity index (χ3v) is 5.48. The summed E-state index contributed by atoms with van der Waals surface area (Å²) < 4.78 is 0.843. The maximum absolute atomic E-state index is 9.34. The van der Waals surface area contributed by atoms with Crippen molar-refractivity contribution in [2.75, 3.05) is 7.05 Å². The van der Waals surface area contributed by atoms with Crippen LogP contribution in [0.4, 0.5) is 0 Å². The Bertz CT molecular complexity index is 451. The molecule has 1 aromatic rings. The molecule has 1 heterocycles. The lowest BCUT2D eigenvalue weighted by Gasteiger charge is -2.38. The first-order valence-corrected chi connectivity index (χ1v) is 8.17. The van der Waals surface area contributed by atoms with Crippen molar-refractivity contribution < 1.29 is 0 Å². The summed E-state index contributed by atoms with van der Waals surface area (Å²) in [5.41, 5.74) is 0. The van der Waals surface area contributed by atoms with Gasteiger partial charge in [0, 0.05) is 17.5 Å². The summed E-state index contributed by atoms with van der Waals surface area (Å²) in [6.07, 6.45) is 4.65. The summed E-state index contributed by atoms with van der Waals surface area (Å²) in [5, 5.41) is 9.34. The first-order chi connectivity index (χ1) is 9.13. The number of hydrogen-bond acceptors (Lipinski definition) is 3. The monoisotopic (exact) mass is 296 g/mol. The molecule has 2 nitrogen and oxygen atoms in total. The van der Waals surface area contributed by atoms with Crippen molar-refractivity contribution in [3.05, 3.63) is 21.3 Å². The standard InChI is InChI=1S/C15H21ClN2S/c1-3-11-4-5-12(9-17)14(8-11)18(2)10-13-6-7-15(16)19-13/h6-7,11-12,14H,3-5,8,10H2,1-2H3. The molecule has 1 aliphatic carbocycles. The number of nitrogens with zero attached hydrogens (tertiary/aromatic N) is 2. The molecule has 19 heavy (non-hydrogen) atoms. The molecule has 3 unspecified atom stereocenters. The lowest BCUT2D eigenvalue weighted by atomic mass is 9.77. The molecule has 104 valence electrons. The number of rotatable bonds is 4. The van der Waals surface area contributed by atoms with Crippen LogP contribution in [0.15, 0.2) is 12.1 Å². The quantitative estimate of drug-likeness (QED) is 0.815. The second-order valence-electron chi connectivity index (χ2n) is 5.51. The lowest BCUT2D eigenvalue weighted by Crippen LogP contribution is -2.41. The number of halogens is 1. The fourth-order valence-corrected chi connectivity index (χ4v) is 4.19. The van der Waals surface area contributed by atoms with E-state index in [0.29, 0.717) is 6.04 Å². The minimum absolute atomic E-state index is 0.184. The molecule has 1 saturated carbocycles. The predicted octanol–water partition coefficient (Wildman–Crippen LogP) is 4.55. The second kappa shape index (κ2) is 6.74. The average molecular weight is 297 g/mol. The van der Waals surface area contributed by atoms with Gasteiger partial charge in [-0.25, -0.2) is 0 Å². The normalized spacial score (nSPS) is 27.4. The fraction of sp³-hybridized carbons (Fsp3) is 0.667. The maximum Gasteiger partial charge on any atom is 0.0931 e. The number of hydrogen-bond donors (Lipinski definition) is 0. The van der Waals surface area contributed by atoms with Crippen molar-refractivity contribution in [3.63, 3.8) is 0 Å². The van der Waals surface area contributed by atoms with E-state index in [9.17, 15) is 5.26 Å². The van der Waals surface area contributed by atoms with E-state index in [-0.39, 0.29) is 5.92 Å². The largest absolute Gasteiger partial charge is 0.297 e. The molecule has 0 aromatic carbocycles. The number of thiophene rings is 1. The van der Waals surface area contributed by atoms with Crippen LogP contribution in [0.25, 0.3) is 0 Å². The van der Waals surface area contributed by atoms with Gasteiger partial charge in [0.1, 0.15) is 0 Å². The highest BCUT2D eigenvalue weighted by molar-refractivity contribution is 7.16. The Morgan fingerprint density at radius 1 is 1.47 bits per heavy atom. The van der Waals surface area contributed by atoms with Crippen LogP contribution in [0.3, 0.4) is 0 Å². The highest BCUT2D eigenvalue weighted by atomic mass is 35.5. The maximum atomic E-state index is 9.34. The molecule has 4 heteroatoms. The Kier molecular flexibility index (Phi) is 5.27. The molecule has 1 aromatic heterocycles. The van der Waals surface area contributed by atoms with Crippen LogP contribution < -0.4 is 0 Å². The van der Waals surface area contributed by atoms with Crippen LogP contribution in [-0.4, -0.2) is 18.0 Å². The number of nitriles is 1. The van der Waals surface area contributed by atoms with Gasteiger partial charge >= 0.3 is 0 Å². The summed E-state index contributed by atoms with van der Waals surface area (Å²) in [7, 11) is 2.14. The Labute approximate surface area is 125 Å². The van der Waals surface area contributed by atoms with Crippen LogP contribution in [-0.2, 0) is 6.54 Å². The van der Waals surface area contributed by atoms with E-state index in [1.807, 2.05) is 6.07 Å². The van der Waals surface area contributed by atoms with Gasteiger partial charge in [-0.3, -0.25) is 4.90 Å². The van der Waals surface area contributed by atoms with E-state index in [1.54, 1.807) is 11.3 Å². The average Bonchev–Trinajstić information content (AvgIpc) is 2.83. The Hall–Kier alpha value is -0.560. The molecule has 0 bridgehead atoms. The molecule has 2 rings (SSSR count). The van der Waals surface area contributed by atoms with Gasteiger partial charge in [-0.2, -0.15) is 5.26 Å². The summed E-state index contributed by atoms with van der Waals surface area (Å²) >= 11 is 7.62. The molecule has 0 radical (unpaired) electrons. The van der Waals surface area contributed by atoms with Crippen molar-refractivity contribution >= 4 is 22.9 Å². The molecule has 3 atom stereocenters. The van der Waals surface area contributed by atoms with Gasteiger partial charge < -0.3 is 0 Å². The van der Waals surface area contributed by atoms with Crippen molar-refractivity contribution in [3.8, 4) is 6.07 Å². The van der Waals surface area contributed by atoms with E-state index in [1.165, 1.54) is 17.7 Å². The first-order valence-electron chi connectivity index (χ1n) is 6.98. The molecular formula is C15H21ClN2S. The fourth-order valence-electron chi connectivity index (χ4n) is 3.04. The van der Waals surface area contributed by atoms with Crippen molar-refractivity contribution in [1.82, 2.24) is 4.90 Å². The van der Waals surface area contributed by atoms with E-state index in [0.717, 1.165) is 29.6 Å². The highest BCUT2D eigenvalue weighted by Crippen LogP contribution is 2.34. The Balaban J connectivity index is 2.02. The Morgan fingerprint density at radius 3 is 2.84 bits per heavy atom. The van der Waals surface area contributed by atoms with Crippen LogP contribution in [0, 0.1) is 23.2 Å². The molecular weight excluding hydrogens is 276 g/mol. The minimum atomic E-state index is 0.184. The SMILES string of the molecule is CCC1CCC(C#N)C(N(C)Cc2ccc(Cl)s2)C1. The summed E-state index contributed by atoms with van der Waals surface area (Å²) in [5.74, 6) is 0.965. The molecule has 1 aliphatic rings. The Morgan fingerprint density at radius 2 is 2.26 bits per heavy atom. The van der Waals surface area contributed by atoms with Gasteiger partial charge in [0.05, 0.1) is 16.3 Å². The molecule has 0 saturated heterocycles. The topological polar surface area (TPSA) is 27.0 Å². The van der Waals surface area contributed by atoms with Gasteiger partial charge in [-0.1, -0.05) is 24.9 Å². The van der Waals surface area contributed by atoms with E-state index < -0.39 is 0 Å². The molecule has 0 aliphatic heterocycles. The highest BCUT2D eigenvalue weighted by Gasteiger charge is 2.32. The second-order valence-corrected chi connectivity index (χ2v) is 7.31. The zero-order valence-corrected chi connectivity index (χ0v) is 13.2. The molecule has 0 amide bonds. The van der Waals surface area contributed by atoms with Gasteiger partial charge in [-0.15, -0.1) is 11.3 Å². The van der Waals surface area contributed by atoms with Gasteiger partial charge in [0.15, 0.2) is 0 Å². The van der Waals surface area contributed by atoms with Gasteiger partial charge in [0.25, 0.3) is 0 Å². The summed E-state index contributed by atoms with van der Waals surface area (Å²) in [6, 6.07) is 6.94. The smallest absolute Gasteiger partial charge is 0.0931 e. The first kappa shape index (κ1) is 14.8. The van der Waals surface area contributed by atoms with E-state index >= 15 is 0 Å². The third kappa shape index (κ3) is 3.72. The summed E-state index contributed by atoms with van der Waals surface area (Å²) in [6.45, 7) is 3.16. The van der Waals surface area contributed by atoms with E-state index in [4.69, 9.17) is 11.6 Å². The zero-order chi connectivity index (χ0) is 13.8. The lowest BCUT2D eigenvalue weighted by molar-refractivity contribution is 0.119.